The SMILES string of the molecule is COc1cc[c]c(Cc2ccc(F)nc2)c1. The van der Waals surface area contributed by atoms with Crippen LogP contribution in [0.1, 0.15) is 11.1 Å². The number of ether oxygens (including phenoxy) is 1. The van der Waals surface area contributed by atoms with Gasteiger partial charge in [-0.3, -0.25) is 0 Å². The first-order valence-corrected chi connectivity index (χ1v) is 4.93. The molecule has 1 radical (unpaired) electrons. The van der Waals surface area contributed by atoms with E-state index in [0.717, 1.165) is 16.9 Å². The highest BCUT2D eigenvalue weighted by Gasteiger charge is 1.99. The number of aromatic nitrogens is 1. The van der Waals surface area contributed by atoms with Crippen LogP contribution < -0.4 is 4.74 Å². The molecule has 0 aliphatic rings. The first kappa shape index (κ1) is 10.6. The fourth-order valence-electron chi connectivity index (χ4n) is 1.45. The number of halogens is 1. The smallest absolute Gasteiger partial charge is 0.212 e. The molecular weight excluding hydrogens is 205 g/mol. The summed E-state index contributed by atoms with van der Waals surface area (Å²) in [4.78, 5) is 3.61. The maximum atomic E-state index is 12.6. The van der Waals surface area contributed by atoms with Gasteiger partial charge < -0.3 is 4.74 Å². The Kier molecular flexibility index (Phi) is 3.15. The summed E-state index contributed by atoms with van der Waals surface area (Å²) in [6.07, 6.45) is 2.20. The van der Waals surface area contributed by atoms with Crippen molar-refractivity contribution >= 4 is 0 Å². The third kappa shape index (κ3) is 2.57. The first-order valence-electron chi connectivity index (χ1n) is 4.93. The van der Waals surface area contributed by atoms with E-state index in [9.17, 15) is 4.39 Å². The molecule has 2 rings (SSSR count). The van der Waals surface area contributed by atoms with Crippen LogP contribution in [0.25, 0.3) is 0 Å². The third-order valence-electron chi connectivity index (χ3n) is 2.25. The summed E-state index contributed by atoms with van der Waals surface area (Å²) < 4.78 is 17.7. The molecule has 0 atom stereocenters. The number of pyridine rings is 1. The van der Waals surface area contributed by atoms with Crippen molar-refractivity contribution in [3.63, 3.8) is 0 Å². The highest BCUT2D eigenvalue weighted by molar-refractivity contribution is 5.31. The molecule has 0 aliphatic carbocycles. The molecule has 1 aromatic carbocycles. The lowest BCUT2D eigenvalue weighted by molar-refractivity contribution is 0.414. The predicted molar refractivity (Wildman–Crippen MR) is 58.8 cm³/mol. The van der Waals surface area contributed by atoms with E-state index in [1.165, 1.54) is 12.3 Å². The Bertz CT molecular complexity index is 468. The van der Waals surface area contributed by atoms with Crippen LogP contribution in [0.2, 0.25) is 0 Å². The van der Waals surface area contributed by atoms with Crippen molar-refractivity contribution in [1.29, 1.82) is 0 Å². The summed E-state index contributed by atoms with van der Waals surface area (Å²) in [7, 11) is 1.62. The average molecular weight is 216 g/mol. The number of nitrogens with zero attached hydrogens (tertiary/aromatic N) is 1. The summed E-state index contributed by atoms with van der Waals surface area (Å²) in [6, 6.07) is 11.7. The standard InChI is InChI=1S/C13H11FNO/c1-16-12-4-2-3-10(8-12)7-11-5-6-13(14)15-9-11/h2,4-6,8-9H,7H2,1H3. The van der Waals surface area contributed by atoms with Crippen molar-refractivity contribution in [3.8, 4) is 5.75 Å². The van der Waals surface area contributed by atoms with Crippen molar-refractivity contribution in [2.24, 2.45) is 0 Å². The summed E-state index contributed by atoms with van der Waals surface area (Å²) in [5, 5.41) is 0. The molecule has 0 bridgehead atoms. The van der Waals surface area contributed by atoms with Gasteiger partial charge >= 0.3 is 0 Å². The van der Waals surface area contributed by atoms with Crippen molar-refractivity contribution in [2.45, 2.75) is 6.42 Å². The number of hydrogen-bond donors (Lipinski definition) is 0. The minimum atomic E-state index is -0.460. The lowest BCUT2D eigenvalue weighted by Gasteiger charge is -2.03. The molecule has 0 saturated carbocycles. The fraction of sp³-hybridized carbons (Fsp3) is 0.154. The molecule has 16 heavy (non-hydrogen) atoms. The highest BCUT2D eigenvalue weighted by Crippen LogP contribution is 2.15. The summed E-state index contributed by atoms with van der Waals surface area (Å²) in [5.74, 6) is 0.335. The van der Waals surface area contributed by atoms with Crippen LogP contribution in [-0.4, -0.2) is 12.1 Å². The zero-order valence-electron chi connectivity index (χ0n) is 8.90. The Morgan fingerprint density at radius 3 is 2.94 bits per heavy atom. The molecule has 0 spiro atoms. The van der Waals surface area contributed by atoms with Gasteiger partial charge in [-0.25, -0.2) is 4.98 Å². The molecule has 0 unspecified atom stereocenters. The quantitative estimate of drug-likeness (QED) is 0.736. The second-order valence-corrected chi connectivity index (χ2v) is 3.42. The van der Waals surface area contributed by atoms with Crippen LogP contribution in [0.15, 0.2) is 36.5 Å². The maximum absolute atomic E-state index is 12.6. The van der Waals surface area contributed by atoms with Crippen molar-refractivity contribution in [3.05, 3.63) is 59.7 Å². The molecule has 0 saturated heterocycles. The van der Waals surface area contributed by atoms with Crippen molar-refractivity contribution in [2.75, 3.05) is 7.11 Å². The molecule has 0 aliphatic heterocycles. The molecule has 1 heterocycles. The van der Waals surface area contributed by atoms with Gasteiger partial charge in [-0.2, -0.15) is 4.39 Å². The van der Waals surface area contributed by atoms with Crippen LogP contribution in [0.4, 0.5) is 4.39 Å². The number of benzene rings is 1. The van der Waals surface area contributed by atoms with Gasteiger partial charge in [-0.15, -0.1) is 0 Å². The Morgan fingerprint density at radius 1 is 1.38 bits per heavy atom. The first-order chi connectivity index (χ1) is 7.78. The Balaban J connectivity index is 2.16. The van der Waals surface area contributed by atoms with Gasteiger partial charge in [0, 0.05) is 6.20 Å². The Labute approximate surface area is 93.7 Å². The van der Waals surface area contributed by atoms with E-state index >= 15 is 0 Å². The molecule has 2 nitrogen and oxygen atoms in total. The van der Waals surface area contributed by atoms with E-state index in [4.69, 9.17) is 4.74 Å². The number of methoxy groups -OCH3 is 1. The van der Waals surface area contributed by atoms with Crippen molar-refractivity contribution in [1.82, 2.24) is 4.98 Å². The summed E-state index contributed by atoms with van der Waals surface area (Å²) in [5.41, 5.74) is 1.94. The van der Waals surface area contributed by atoms with E-state index in [1.54, 1.807) is 13.2 Å². The third-order valence-corrected chi connectivity index (χ3v) is 2.25. The number of rotatable bonds is 3. The fourth-order valence-corrected chi connectivity index (χ4v) is 1.45. The Morgan fingerprint density at radius 2 is 2.25 bits per heavy atom. The Hall–Kier alpha value is -1.90. The molecule has 2 aromatic rings. The van der Waals surface area contributed by atoms with Gasteiger partial charge in [-0.05, 0) is 41.8 Å². The largest absolute Gasteiger partial charge is 0.497 e. The highest BCUT2D eigenvalue weighted by atomic mass is 19.1. The van der Waals surface area contributed by atoms with E-state index in [0.29, 0.717) is 6.42 Å². The molecule has 0 amide bonds. The second-order valence-electron chi connectivity index (χ2n) is 3.42. The van der Waals surface area contributed by atoms with Crippen LogP contribution in [0.5, 0.6) is 5.75 Å². The van der Waals surface area contributed by atoms with Gasteiger partial charge in [0.2, 0.25) is 5.95 Å². The van der Waals surface area contributed by atoms with Gasteiger partial charge in [0.15, 0.2) is 0 Å². The lowest BCUT2D eigenvalue weighted by atomic mass is 10.1. The monoisotopic (exact) mass is 216 g/mol. The van der Waals surface area contributed by atoms with Gasteiger partial charge in [0.25, 0.3) is 0 Å². The molecule has 0 fully saturated rings. The minimum Gasteiger partial charge on any atom is -0.497 e. The minimum absolute atomic E-state index is 0.460. The zero-order chi connectivity index (χ0) is 11.4. The van der Waals surface area contributed by atoms with E-state index in [2.05, 4.69) is 11.1 Å². The zero-order valence-corrected chi connectivity index (χ0v) is 8.90. The molecule has 1 aromatic heterocycles. The molecule has 81 valence electrons. The van der Waals surface area contributed by atoms with Crippen LogP contribution in [0, 0.1) is 12.0 Å². The van der Waals surface area contributed by atoms with Gasteiger partial charge in [0.05, 0.1) is 7.11 Å². The van der Waals surface area contributed by atoms with Crippen molar-refractivity contribution < 1.29 is 9.13 Å². The maximum Gasteiger partial charge on any atom is 0.212 e. The molecular formula is C13H11FNO. The van der Waals surface area contributed by atoms with Gasteiger partial charge in [0.1, 0.15) is 5.75 Å². The molecule has 0 N–H and O–H groups in total. The van der Waals surface area contributed by atoms with E-state index in [1.807, 2.05) is 18.2 Å². The van der Waals surface area contributed by atoms with Crippen LogP contribution in [-0.2, 0) is 6.42 Å². The lowest BCUT2D eigenvalue weighted by Crippen LogP contribution is -1.92. The normalized spacial score (nSPS) is 10.1. The summed E-state index contributed by atoms with van der Waals surface area (Å²) >= 11 is 0. The van der Waals surface area contributed by atoms with E-state index < -0.39 is 5.95 Å². The topological polar surface area (TPSA) is 22.1 Å². The predicted octanol–water partition coefficient (Wildman–Crippen LogP) is 2.62. The second kappa shape index (κ2) is 4.75. The molecule has 3 heteroatoms. The van der Waals surface area contributed by atoms with Crippen LogP contribution in [0.3, 0.4) is 0 Å². The summed E-state index contributed by atoms with van der Waals surface area (Å²) in [6.45, 7) is 0. The van der Waals surface area contributed by atoms with Gasteiger partial charge in [-0.1, -0.05) is 12.1 Å². The average Bonchev–Trinajstić information content (AvgIpc) is 2.32. The van der Waals surface area contributed by atoms with Crippen LogP contribution >= 0.6 is 0 Å². The van der Waals surface area contributed by atoms with E-state index in [-0.39, 0.29) is 0 Å². The number of hydrogen-bond acceptors (Lipinski definition) is 2.